The van der Waals surface area contributed by atoms with Crippen molar-refractivity contribution in [1.82, 2.24) is 4.90 Å². The van der Waals surface area contributed by atoms with Gasteiger partial charge in [0.25, 0.3) is 0 Å². The van der Waals surface area contributed by atoms with Crippen molar-refractivity contribution in [2.45, 2.75) is 39.3 Å². The molecule has 14 heavy (non-hydrogen) atoms. The minimum atomic E-state index is -0.552. The third-order valence-corrected chi connectivity index (χ3v) is 3.13. The van der Waals surface area contributed by atoms with Crippen molar-refractivity contribution in [3.05, 3.63) is 0 Å². The first-order chi connectivity index (χ1) is 6.33. The molecular weight excluding hydrogens is 178 g/mol. The van der Waals surface area contributed by atoms with Crippen LogP contribution in [0.5, 0.6) is 0 Å². The van der Waals surface area contributed by atoms with Crippen LogP contribution in [0.25, 0.3) is 0 Å². The summed E-state index contributed by atoms with van der Waals surface area (Å²) in [7, 11) is 0. The van der Waals surface area contributed by atoms with Gasteiger partial charge in [-0.1, -0.05) is 13.8 Å². The lowest BCUT2D eigenvalue weighted by molar-refractivity contribution is -0.120. The Labute approximate surface area is 85.6 Å². The van der Waals surface area contributed by atoms with Crippen molar-refractivity contribution in [3.63, 3.8) is 0 Å². The third-order valence-electron chi connectivity index (χ3n) is 3.13. The van der Waals surface area contributed by atoms with Crippen LogP contribution < -0.4 is 11.5 Å². The largest absolute Gasteiger partial charge is 0.368 e. The van der Waals surface area contributed by atoms with Crippen molar-refractivity contribution in [2.24, 2.45) is 16.9 Å². The summed E-state index contributed by atoms with van der Waals surface area (Å²) in [6.07, 6.45) is 1.16. The Bertz CT molecular complexity index is 227. The van der Waals surface area contributed by atoms with Crippen LogP contribution in [0, 0.1) is 5.41 Å². The Hall–Kier alpha value is -0.610. The van der Waals surface area contributed by atoms with Crippen LogP contribution >= 0.6 is 0 Å². The van der Waals surface area contributed by atoms with E-state index in [0.717, 1.165) is 19.5 Å². The van der Waals surface area contributed by atoms with Gasteiger partial charge in [0.15, 0.2) is 0 Å². The molecule has 2 unspecified atom stereocenters. The Morgan fingerprint density at radius 1 is 1.50 bits per heavy atom. The molecule has 4 heteroatoms. The second kappa shape index (κ2) is 3.87. The molecule has 0 radical (unpaired) electrons. The number of primary amides is 1. The molecule has 0 aromatic carbocycles. The molecule has 0 aliphatic carbocycles. The summed E-state index contributed by atoms with van der Waals surface area (Å²) in [5.41, 5.74) is 11.2. The van der Waals surface area contributed by atoms with E-state index in [0.29, 0.717) is 5.41 Å². The van der Waals surface area contributed by atoms with Crippen LogP contribution in [0.3, 0.4) is 0 Å². The molecule has 1 rings (SSSR count). The van der Waals surface area contributed by atoms with Crippen molar-refractivity contribution in [2.75, 3.05) is 13.1 Å². The number of carbonyl (C=O) groups is 1. The van der Waals surface area contributed by atoms with E-state index in [1.807, 2.05) is 6.92 Å². The predicted octanol–water partition coefficient (Wildman–Crippen LogP) is -0.0806. The molecule has 0 bridgehead atoms. The minimum Gasteiger partial charge on any atom is -0.368 e. The normalized spacial score (nSPS) is 26.0. The summed E-state index contributed by atoms with van der Waals surface area (Å²) >= 11 is 0. The quantitative estimate of drug-likeness (QED) is 0.667. The molecule has 1 aliphatic heterocycles. The van der Waals surface area contributed by atoms with Gasteiger partial charge in [0.05, 0.1) is 6.04 Å². The van der Waals surface area contributed by atoms with Crippen LogP contribution in [-0.4, -0.2) is 36.0 Å². The molecule has 1 aliphatic rings. The van der Waals surface area contributed by atoms with E-state index in [4.69, 9.17) is 11.5 Å². The second-order valence-electron chi connectivity index (χ2n) is 5.05. The van der Waals surface area contributed by atoms with Gasteiger partial charge in [-0.15, -0.1) is 0 Å². The smallest absolute Gasteiger partial charge is 0.235 e. The number of likely N-dealkylation sites (tertiary alicyclic amines) is 1. The Morgan fingerprint density at radius 3 is 2.43 bits per heavy atom. The Kier molecular flexibility index (Phi) is 3.17. The average Bonchev–Trinajstić information content (AvgIpc) is 2.43. The molecule has 1 fully saturated rings. The van der Waals surface area contributed by atoms with Gasteiger partial charge in [-0.2, -0.15) is 0 Å². The highest BCUT2D eigenvalue weighted by Crippen LogP contribution is 2.30. The number of hydrogen-bond donors (Lipinski definition) is 2. The lowest BCUT2D eigenvalue weighted by atomic mass is 9.93. The number of hydrogen-bond acceptors (Lipinski definition) is 3. The highest BCUT2D eigenvalue weighted by molar-refractivity contribution is 5.80. The van der Waals surface area contributed by atoms with Gasteiger partial charge in [-0.25, -0.2) is 0 Å². The van der Waals surface area contributed by atoms with E-state index in [1.54, 1.807) is 0 Å². The Balaban J connectivity index is 2.55. The monoisotopic (exact) mass is 199 g/mol. The molecule has 82 valence electrons. The molecular formula is C10H21N3O. The SMILES string of the molecule is CC(C(N)C(N)=O)N1CCC(C)(C)C1. The standard InChI is InChI=1S/C10H21N3O/c1-7(8(11)9(12)14)13-5-4-10(2,3)6-13/h7-8H,4-6,11H2,1-3H3,(H2,12,14). The van der Waals surface area contributed by atoms with Gasteiger partial charge in [0.2, 0.25) is 5.91 Å². The number of rotatable bonds is 3. The van der Waals surface area contributed by atoms with Crippen LogP contribution in [-0.2, 0) is 4.79 Å². The van der Waals surface area contributed by atoms with Gasteiger partial charge < -0.3 is 11.5 Å². The van der Waals surface area contributed by atoms with E-state index in [9.17, 15) is 4.79 Å². The fourth-order valence-corrected chi connectivity index (χ4v) is 1.97. The second-order valence-corrected chi connectivity index (χ2v) is 5.05. The van der Waals surface area contributed by atoms with E-state index in [1.165, 1.54) is 0 Å². The molecule has 1 saturated heterocycles. The maximum Gasteiger partial charge on any atom is 0.235 e. The first-order valence-electron chi connectivity index (χ1n) is 5.12. The topological polar surface area (TPSA) is 72.3 Å². The maximum atomic E-state index is 10.9. The third kappa shape index (κ3) is 2.45. The summed E-state index contributed by atoms with van der Waals surface area (Å²) < 4.78 is 0. The number of carbonyl (C=O) groups excluding carboxylic acids is 1. The molecule has 1 amide bonds. The zero-order valence-electron chi connectivity index (χ0n) is 9.29. The first kappa shape index (κ1) is 11.5. The van der Waals surface area contributed by atoms with E-state index < -0.39 is 11.9 Å². The van der Waals surface area contributed by atoms with Gasteiger partial charge in [-0.05, 0) is 25.3 Å². The highest BCUT2D eigenvalue weighted by atomic mass is 16.1. The van der Waals surface area contributed by atoms with Crippen molar-refractivity contribution >= 4 is 5.91 Å². The van der Waals surface area contributed by atoms with Crippen LogP contribution in [0.15, 0.2) is 0 Å². The Morgan fingerprint density at radius 2 is 2.07 bits per heavy atom. The summed E-state index contributed by atoms with van der Waals surface area (Å²) in [5, 5.41) is 0. The zero-order valence-corrected chi connectivity index (χ0v) is 9.29. The maximum absolute atomic E-state index is 10.9. The molecule has 1 heterocycles. The first-order valence-corrected chi connectivity index (χ1v) is 5.12. The van der Waals surface area contributed by atoms with E-state index in [2.05, 4.69) is 18.7 Å². The van der Waals surface area contributed by atoms with Crippen molar-refractivity contribution in [1.29, 1.82) is 0 Å². The molecule has 4 N–H and O–H groups in total. The minimum absolute atomic E-state index is 0.0503. The fourth-order valence-electron chi connectivity index (χ4n) is 1.97. The molecule has 0 aromatic heterocycles. The summed E-state index contributed by atoms with van der Waals surface area (Å²) in [5.74, 6) is -0.415. The lowest BCUT2D eigenvalue weighted by Crippen LogP contribution is -2.52. The van der Waals surface area contributed by atoms with Crippen LogP contribution in [0.2, 0.25) is 0 Å². The van der Waals surface area contributed by atoms with E-state index in [-0.39, 0.29) is 6.04 Å². The molecule has 0 spiro atoms. The average molecular weight is 199 g/mol. The van der Waals surface area contributed by atoms with Crippen LogP contribution in [0.1, 0.15) is 27.2 Å². The highest BCUT2D eigenvalue weighted by Gasteiger charge is 2.34. The van der Waals surface area contributed by atoms with Gasteiger partial charge >= 0.3 is 0 Å². The number of nitrogens with two attached hydrogens (primary N) is 2. The molecule has 4 nitrogen and oxygen atoms in total. The number of nitrogens with zero attached hydrogens (tertiary/aromatic N) is 1. The summed E-state index contributed by atoms with van der Waals surface area (Å²) in [4.78, 5) is 13.2. The summed E-state index contributed by atoms with van der Waals surface area (Å²) in [6, 6.07) is -0.502. The fraction of sp³-hybridized carbons (Fsp3) is 0.900. The van der Waals surface area contributed by atoms with Gasteiger partial charge in [-0.3, -0.25) is 9.69 Å². The molecule has 0 saturated carbocycles. The van der Waals surface area contributed by atoms with Gasteiger partial charge in [0, 0.05) is 12.6 Å². The van der Waals surface area contributed by atoms with Gasteiger partial charge in [0.1, 0.15) is 0 Å². The summed E-state index contributed by atoms with van der Waals surface area (Å²) in [6.45, 7) is 8.44. The van der Waals surface area contributed by atoms with Crippen molar-refractivity contribution < 1.29 is 4.79 Å². The lowest BCUT2D eigenvalue weighted by Gasteiger charge is -2.28. The molecule has 0 aromatic rings. The van der Waals surface area contributed by atoms with Crippen LogP contribution in [0.4, 0.5) is 0 Å². The van der Waals surface area contributed by atoms with Crippen molar-refractivity contribution in [3.8, 4) is 0 Å². The zero-order chi connectivity index (χ0) is 10.9. The number of amides is 1. The van der Waals surface area contributed by atoms with E-state index >= 15 is 0 Å². The predicted molar refractivity (Wildman–Crippen MR) is 56.6 cm³/mol. The molecule has 2 atom stereocenters.